The molecule has 2 aromatic rings. The van der Waals surface area contributed by atoms with Crippen molar-refractivity contribution in [3.8, 4) is 0 Å². The molecular formula is C20H25NO. The van der Waals surface area contributed by atoms with E-state index >= 15 is 0 Å². The van der Waals surface area contributed by atoms with Crippen LogP contribution in [0, 0.1) is 0 Å². The minimum absolute atomic E-state index is 0.236. The molecule has 1 aliphatic carbocycles. The second kappa shape index (κ2) is 5.12. The third-order valence-electron chi connectivity index (χ3n) is 4.89. The van der Waals surface area contributed by atoms with E-state index < -0.39 is 0 Å². The average Bonchev–Trinajstić information content (AvgIpc) is 3.01. The van der Waals surface area contributed by atoms with Crippen LogP contribution < -0.4 is 0 Å². The first-order valence-corrected chi connectivity index (χ1v) is 8.10. The van der Waals surface area contributed by atoms with Gasteiger partial charge < -0.3 is 4.52 Å². The summed E-state index contributed by atoms with van der Waals surface area (Å²) in [6.45, 7) is 11.7. The fourth-order valence-corrected chi connectivity index (χ4v) is 4.02. The van der Waals surface area contributed by atoms with Crippen molar-refractivity contribution in [2.75, 3.05) is 0 Å². The van der Waals surface area contributed by atoms with Crippen LogP contribution in [-0.4, -0.2) is 5.16 Å². The van der Waals surface area contributed by atoms with Crippen LogP contribution in [0.25, 0.3) is 12.2 Å². The molecule has 1 aromatic carbocycles. The minimum atomic E-state index is 0.236. The van der Waals surface area contributed by atoms with Gasteiger partial charge in [0.15, 0.2) is 5.76 Å². The third-order valence-corrected chi connectivity index (χ3v) is 4.89. The van der Waals surface area contributed by atoms with E-state index in [4.69, 9.17) is 4.52 Å². The highest BCUT2D eigenvalue weighted by Crippen LogP contribution is 2.50. The summed E-state index contributed by atoms with van der Waals surface area (Å²) in [4.78, 5) is 0. The largest absolute Gasteiger partial charge is 0.357 e. The summed E-state index contributed by atoms with van der Waals surface area (Å²) in [6, 6.07) is 6.68. The van der Waals surface area contributed by atoms with Gasteiger partial charge in [0.05, 0.1) is 6.20 Å². The van der Waals surface area contributed by atoms with Crippen LogP contribution in [-0.2, 0) is 17.3 Å². The lowest BCUT2D eigenvalue weighted by Crippen LogP contribution is -2.18. The molecule has 116 valence electrons. The Bertz CT molecular complexity index is 706. The number of hydrogen-bond acceptors (Lipinski definition) is 2. The summed E-state index contributed by atoms with van der Waals surface area (Å²) in [5, 5.41) is 3.75. The van der Waals surface area contributed by atoms with E-state index in [1.54, 1.807) is 6.20 Å². The predicted octanol–water partition coefficient (Wildman–Crippen LogP) is 5.37. The van der Waals surface area contributed by atoms with Gasteiger partial charge in [-0.05, 0) is 52.0 Å². The zero-order chi connectivity index (χ0) is 16.0. The molecule has 2 nitrogen and oxygen atoms in total. The summed E-state index contributed by atoms with van der Waals surface area (Å²) < 4.78 is 5.16. The molecule has 0 N–H and O–H groups in total. The highest BCUT2D eigenvalue weighted by atomic mass is 16.5. The molecule has 0 amide bonds. The van der Waals surface area contributed by atoms with Gasteiger partial charge in [0, 0.05) is 6.07 Å². The fourth-order valence-electron chi connectivity index (χ4n) is 4.02. The predicted molar refractivity (Wildman–Crippen MR) is 91.9 cm³/mol. The maximum absolute atomic E-state index is 5.16. The van der Waals surface area contributed by atoms with E-state index in [1.165, 1.54) is 28.7 Å². The molecular weight excluding hydrogens is 270 g/mol. The smallest absolute Gasteiger partial charge is 0.159 e. The van der Waals surface area contributed by atoms with Crippen molar-refractivity contribution < 1.29 is 4.52 Å². The molecule has 0 radical (unpaired) electrons. The molecule has 0 bridgehead atoms. The molecule has 2 heteroatoms. The molecule has 0 atom stereocenters. The van der Waals surface area contributed by atoms with Gasteiger partial charge in [-0.15, -0.1) is 0 Å². The van der Waals surface area contributed by atoms with Gasteiger partial charge in [-0.1, -0.05) is 58.0 Å². The zero-order valence-electron chi connectivity index (χ0n) is 14.2. The Morgan fingerprint density at radius 3 is 2.36 bits per heavy atom. The molecule has 3 rings (SSSR count). The topological polar surface area (TPSA) is 26.0 Å². The fraction of sp³-hybridized carbons (Fsp3) is 0.450. The van der Waals surface area contributed by atoms with Crippen molar-refractivity contribution in [3.63, 3.8) is 0 Å². The van der Waals surface area contributed by atoms with E-state index in [2.05, 4.69) is 58.0 Å². The standard InChI is InChI=1S/C20H25NO/c1-6-14-11-17-18(20(4,5)13-19(17,2)3)12-15(14)7-8-16-9-10-21-22-16/h7-12H,6,13H2,1-5H3. The Hall–Kier alpha value is -1.83. The van der Waals surface area contributed by atoms with Gasteiger partial charge in [0.25, 0.3) is 0 Å². The Balaban J connectivity index is 2.09. The normalized spacial score (nSPS) is 18.8. The van der Waals surface area contributed by atoms with Gasteiger partial charge in [0.1, 0.15) is 0 Å². The van der Waals surface area contributed by atoms with Gasteiger partial charge in [-0.25, -0.2) is 0 Å². The lowest BCUT2D eigenvalue weighted by Gasteiger charge is -2.22. The number of aryl methyl sites for hydroxylation is 1. The molecule has 1 aliphatic rings. The van der Waals surface area contributed by atoms with Crippen molar-refractivity contribution in [1.82, 2.24) is 5.16 Å². The SMILES string of the molecule is CCc1cc2c(cc1C=Cc1ccno1)C(C)(C)CC2(C)C. The van der Waals surface area contributed by atoms with E-state index in [0.29, 0.717) is 0 Å². The van der Waals surface area contributed by atoms with Crippen LogP contribution in [0.1, 0.15) is 69.1 Å². The van der Waals surface area contributed by atoms with Crippen LogP contribution in [0.4, 0.5) is 0 Å². The first-order valence-electron chi connectivity index (χ1n) is 8.10. The Labute approximate surface area is 133 Å². The summed E-state index contributed by atoms with van der Waals surface area (Å²) in [6.07, 6.45) is 8.07. The summed E-state index contributed by atoms with van der Waals surface area (Å²) in [5.41, 5.74) is 6.21. The number of hydrogen-bond donors (Lipinski definition) is 0. The summed E-state index contributed by atoms with van der Waals surface area (Å²) in [7, 11) is 0. The van der Waals surface area contributed by atoms with Gasteiger partial charge in [-0.3, -0.25) is 0 Å². The Morgan fingerprint density at radius 2 is 1.77 bits per heavy atom. The van der Waals surface area contributed by atoms with E-state index in [9.17, 15) is 0 Å². The quantitative estimate of drug-likeness (QED) is 0.761. The van der Waals surface area contributed by atoms with E-state index in [0.717, 1.165) is 12.2 Å². The second-order valence-corrected chi connectivity index (χ2v) is 7.64. The molecule has 0 saturated carbocycles. The minimum Gasteiger partial charge on any atom is -0.357 e. The van der Waals surface area contributed by atoms with Crippen molar-refractivity contribution in [2.45, 2.75) is 58.3 Å². The van der Waals surface area contributed by atoms with Crippen LogP contribution >= 0.6 is 0 Å². The number of aromatic nitrogens is 1. The van der Waals surface area contributed by atoms with Gasteiger partial charge >= 0.3 is 0 Å². The first-order chi connectivity index (χ1) is 10.3. The average molecular weight is 295 g/mol. The van der Waals surface area contributed by atoms with Crippen LogP contribution in [0.5, 0.6) is 0 Å². The highest BCUT2D eigenvalue weighted by molar-refractivity contribution is 5.71. The lowest BCUT2D eigenvalue weighted by atomic mass is 9.82. The molecule has 0 unspecified atom stereocenters. The molecule has 0 aliphatic heterocycles. The maximum Gasteiger partial charge on any atom is 0.159 e. The number of benzene rings is 1. The third kappa shape index (κ3) is 2.51. The Morgan fingerprint density at radius 1 is 1.09 bits per heavy atom. The lowest BCUT2D eigenvalue weighted by molar-refractivity contribution is 0.403. The highest BCUT2D eigenvalue weighted by Gasteiger charge is 2.42. The number of fused-ring (bicyclic) bond motifs is 1. The zero-order valence-corrected chi connectivity index (χ0v) is 14.2. The summed E-state index contributed by atoms with van der Waals surface area (Å²) in [5.74, 6) is 0.794. The molecule has 0 fully saturated rings. The van der Waals surface area contributed by atoms with Crippen LogP contribution in [0.3, 0.4) is 0 Å². The second-order valence-electron chi connectivity index (χ2n) is 7.64. The molecule has 0 saturated heterocycles. The Kier molecular flexibility index (Phi) is 3.51. The monoisotopic (exact) mass is 295 g/mol. The van der Waals surface area contributed by atoms with Gasteiger partial charge in [0.2, 0.25) is 0 Å². The number of rotatable bonds is 3. The van der Waals surface area contributed by atoms with Gasteiger partial charge in [-0.2, -0.15) is 0 Å². The molecule has 22 heavy (non-hydrogen) atoms. The number of nitrogens with zero attached hydrogens (tertiary/aromatic N) is 1. The van der Waals surface area contributed by atoms with Crippen molar-refractivity contribution in [3.05, 3.63) is 52.4 Å². The van der Waals surface area contributed by atoms with E-state index in [1.807, 2.05) is 12.1 Å². The van der Waals surface area contributed by atoms with Crippen molar-refractivity contribution in [2.24, 2.45) is 0 Å². The molecule has 1 heterocycles. The molecule has 0 spiro atoms. The van der Waals surface area contributed by atoms with Crippen molar-refractivity contribution in [1.29, 1.82) is 0 Å². The van der Waals surface area contributed by atoms with E-state index in [-0.39, 0.29) is 10.8 Å². The van der Waals surface area contributed by atoms with Crippen molar-refractivity contribution >= 4 is 12.2 Å². The molecule has 1 aromatic heterocycles. The first kappa shape index (κ1) is 15.1. The maximum atomic E-state index is 5.16. The summed E-state index contributed by atoms with van der Waals surface area (Å²) >= 11 is 0. The van der Waals surface area contributed by atoms with Crippen LogP contribution in [0.2, 0.25) is 0 Å². The van der Waals surface area contributed by atoms with Crippen LogP contribution in [0.15, 0.2) is 28.9 Å².